The van der Waals surface area contributed by atoms with Gasteiger partial charge in [-0.25, -0.2) is 0 Å². The molecule has 0 spiro atoms. The van der Waals surface area contributed by atoms with Gasteiger partial charge in [0, 0.05) is 19.5 Å². The molecule has 1 N–H and O–H groups in total. The van der Waals surface area contributed by atoms with Gasteiger partial charge >= 0.3 is 0 Å². The third kappa shape index (κ3) is 19.0. The van der Waals surface area contributed by atoms with Crippen molar-refractivity contribution in [1.29, 1.82) is 0 Å². The van der Waals surface area contributed by atoms with Gasteiger partial charge < -0.3 is 5.32 Å². The van der Waals surface area contributed by atoms with Crippen LogP contribution in [0.15, 0.2) is 0 Å². The van der Waals surface area contributed by atoms with Gasteiger partial charge in [0.1, 0.15) is 0 Å². The summed E-state index contributed by atoms with van der Waals surface area (Å²) < 4.78 is 0. The molecule has 0 atom stereocenters. The van der Waals surface area contributed by atoms with Crippen LogP contribution in [0.1, 0.15) is 0 Å². The molecule has 0 aromatic carbocycles. The number of hydrogen-bond donors (Lipinski definition) is 1. The van der Waals surface area contributed by atoms with Crippen molar-refractivity contribution in [2.75, 3.05) is 14.1 Å². The number of hydrogen-bond acceptors (Lipinski definition) is 1. The first kappa shape index (κ1) is 8.82. The van der Waals surface area contributed by atoms with Crippen molar-refractivity contribution in [1.82, 2.24) is 5.32 Å². The van der Waals surface area contributed by atoms with Crippen LogP contribution in [0.2, 0.25) is 0 Å². The predicted molar refractivity (Wildman–Crippen MR) is 15.0 cm³/mol. The predicted octanol–water partition coefficient (Wildman–Crippen LogP) is -0.167. The third-order valence-electron chi connectivity index (χ3n) is 0. The summed E-state index contributed by atoms with van der Waals surface area (Å²) in [6, 6.07) is 0. The molecule has 0 saturated carbocycles. The van der Waals surface area contributed by atoms with Crippen LogP contribution >= 0.6 is 0 Å². The quantitative estimate of drug-likeness (QED) is 0.468. The Morgan fingerprint density at radius 3 is 1.25 bits per heavy atom. The number of nitrogens with one attached hydrogen (secondary N) is 1. The third-order valence-corrected chi connectivity index (χ3v) is 0. The van der Waals surface area contributed by atoms with Crippen LogP contribution in [-0.4, -0.2) is 14.1 Å². The van der Waals surface area contributed by atoms with Gasteiger partial charge in [-0.1, -0.05) is 0 Å². The fourth-order valence-electron chi connectivity index (χ4n) is 0. The van der Waals surface area contributed by atoms with Gasteiger partial charge in [0.15, 0.2) is 0 Å². The monoisotopic (exact) mass is 147 g/mol. The Bertz CT molecular complexity index is 6.00. The van der Waals surface area contributed by atoms with Crippen molar-refractivity contribution in [2.24, 2.45) is 0 Å². The molecule has 0 bridgehead atoms. The Morgan fingerprint density at radius 1 is 1.25 bits per heavy atom. The van der Waals surface area contributed by atoms with Crippen LogP contribution in [0, 0.1) is 0 Å². The van der Waals surface area contributed by atoms with Gasteiger partial charge in [-0.2, -0.15) is 0 Å². The van der Waals surface area contributed by atoms with E-state index in [1.165, 1.54) is 0 Å². The van der Waals surface area contributed by atoms with E-state index in [9.17, 15) is 0 Å². The SMILES string of the molecule is CNC.[Ru]. The molecule has 1 nitrogen and oxygen atoms in total. The van der Waals surface area contributed by atoms with Crippen molar-refractivity contribution >= 4 is 0 Å². The van der Waals surface area contributed by atoms with E-state index in [1.54, 1.807) is 0 Å². The Morgan fingerprint density at radius 2 is 1.25 bits per heavy atom. The summed E-state index contributed by atoms with van der Waals surface area (Å²) in [5, 5.41) is 2.75. The van der Waals surface area contributed by atoms with Gasteiger partial charge in [0.05, 0.1) is 0 Å². The topological polar surface area (TPSA) is 12.0 Å². The maximum atomic E-state index is 2.75. The van der Waals surface area contributed by atoms with Gasteiger partial charge in [-0.05, 0) is 14.1 Å². The van der Waals surface area contributed by atoms with E-state index in [4.69, 9.17) is 0 Å². The Hall–Kier alpha value is 0.583. The van der Waals surface area contributed by atoms with Crippen LogP contribution < -0.4 is 5.32 Å². The molecule has 0 aromatic rings. The molecule has 4 heavy (non-hydrogen) atoms. The molecule has 2 heteroatoms. The first-order valence-electron chi connectivity index (χ1n) is 1.00. The van der Waals surface area contributed by atoms with Gasteiger partial charge in [0.2, 0.25) is 0 Å². The largest absolute Gasteiger partial charge is 0.323 e. The molecular weight excluding hydrogens is 139 g/mol. The van der Waals surface area contributed by atoms with Crippen LogP contribution in [0.5, 0.6) is 0 Å². The van der Waals surface area contributed by atoms with E-state index >= 15 is 0 Å². The minimum Gasteiger partial charge on any atom is -0.323 e. The van der Waals surface area contributed by atoms with Crippen molar-refractivity contribution in [2.45, 2.75) is 0 Å². The van der Waals surface area contributed by atoms with Crippen LogP contribution in [0.3, 0.4) is 0 Å². The van der Waals surface area contributed by atoms with E-state index in [0.29, 0.717) is 0 Å². The van der Waals surface area contributed by atoms with E-state index < -0.39 is 0 Å². The average molecular weight is 146 g/mol. The molecule has 0 amide bonds. The van der Waals surface area contributed by atoms with E-state index in [0.717, 1.165) is 0 Å². The molecule has 0 aliphatic rings. The second-order valence-electron chi connectivity index (χ2n) is 0.500. The summed E-state index contributed by atoms with van der Waals surface area (Å²) in [7, 11) is 3.75. The molecule has 0 aromatic heterocycles. The molecule has 0 fully saturated rings. The summed E-state index contributed by atoms with van der Waals surface area (Å²) in [6.45, 7) is 0. The fraction of sp³-hybridized carbons (Fsp3) is 1.00. The Kier molecular flexibility index (Phi) is 21.0. The zero-order chi connectivity index (χ0) is 2.71. The number of rotatable bonds is 0. The zero-order valence-corrected chi connectivity index (χ0v) is 4.59. The summed E-state index contributed by atoms with van der Waals surface area (Å²) in [5.41, 5.74) is 0. The second-order valence-corrected chi connectivity index (χ2v) is 0.500. The molecule has 0 aliphatic heterocycles. The second kappa shape index (κ2) is 9.54. The van der Waals surface area contributed by atoms with E-state index in [-0.39, 0.29) is 19.5 Å². The molecular formula is C2H7NRu. The van der Waals surface area contributed by atoms with Crippen molar-refractivity contribution in [3.63, 3.8) is 0 Å². The van der Waals surface area contributed by atoms with Crippen molar-refractivity contribution < 1.29 is 19.5 Å². The summed E-state index contributed by atoms with van der Waals surface area (Å²) in [4.78, 5) is 0. The fourth-order valence-corrected chi connectivity index (χ4v) is 0. The van der Waals surface area contributed by atoms with Crippen LogP contribution in [0.4, 0.5) is 0 Å². The standard InChI is InChI=1S/C2H7N.Ru/c1-3-2;/h3H,1-2H3;. The smallest absolute Gasteiger partial charge is 0 e. The van der Waals surface area contributed by atoms with Crippen molar-refractivity contribution in [3.8, 4) is 0 Å². The Balaban J connectivity index is 0. The van der Waals surface area contributed by atoms with Crippen LogP contribution in [-0.2, 0) is 19.5 Å². The minimum absolute atomic E-state index is 0. The molecule has 0 saturated heterocycles. The molecule has 28 valence electrons. The maximum Gasteiger partial charge on any atom is 0 e. The van der Waals surface area contributed by atoms with Gasteiger partial charge in [0.25, 0.3) is 0 Å². The normalized spacial score (nSPS) is 4.50. The molecule has 0 radical (unpaired) electrons. The van der Waals surface area contributed by atoms with E-state index in [2.05, 4.69) is 5.32 Å². The van der Waals surface area contributed by atoms with Crippen LogP contribution in [0.25, 0.3) is 0 Å². The average Bonchev–Trinajstić information content (AvgIpc) is 0.918. The van der Waals surface area contributed by atoms with Gasteiger partial charge in [-0.15, -0.1) is 0 Å². The van der Waals surface area contributed by atoms with E-state index in [1.807, 2.05) is 14.1 Å². The minimum atomic E-state index is 0. The molecule has 0 heterocycles. The summed E-state index contributed by atoms with van der Waals surface area (Å²) in [6.07, 6.45) is 0. The molecule has 0 aliphatic carbocycles. The summed E-state index contributed by atoms with van der Waals surface area (Å²) in [5.74, 6) is 0. The van der Waals surface area contributed by atoms with Crippen molar-refractivity contribution in [3.05, 3.63) is 0 Å². The zero-order valence-electron chi connectivity index (χ0n) is 2.85. The summed E-state index contributed by atoms with van der Waals surface area (Å²) >= 11 is 0. The maximum absolute atomic E-state index is 2.75. The first-order valence-corrected chi connectivity index (χ1v) is 1.00. The molecule has 0 rings (SSSR count). The first-order chi connectivity index (χ1) is 1.41. The Labute approximate surface area is 39.5 Å². The molecule has 0 unspecified atom stereocenters. The van der Waals surface area contributed by atoms with Gasteiger partial charge in [-0.3, -0.25) is 0 Å².